The minimum Gasteiger partial charge on any atom is -0.367 e. The zero-order valence-corrected chi connectivity index (χ0v) is 15.0. The number of aromatic nitrogens is 2. The second kappa shape index (κ2) is 6.07. The number of pyridine rings is 2. The number of amides is 1. The lowest BCUT2D eigenvalue weighted by Crippen LogP contribution is -2.29. The molecule has 7 heteroatoms. The lowest BCUT2D eigenvalue weighted by molar-refractivity contribution is 0.100. The lowest BCUT2D eigenvalue weighted by atomic mass is 10.1. The molecule has 132 valence electrons. The Morgan fingerprint density at radius 1 is 1.11 bits per heavy atom. The molecule has 27 heavy (non-hydrogen) atoms. The molecule has 1 amide bonds. The van der Waals surface area contributed by atoms with Crippen LogP contribution in [0.15, 0.2) is 60.9 Å². The third-order valence-corrected chi connectivity index (χ3v) is 5.71. The summed E-state index contributed by atoms with van der Waals surface area (Å²) in [5.41, 5.74) is 10.3. The highest BCUT2D eigenvalue weighted by Gasteiger charge is 2.28. The predicted octanol–water partition coefficient (Wildman–Crippen LogP) is 3.98. The molecule has 1 aliphatic rings. The van der Waals surface area contributed by atoms with Gasteiger partial charge in [-0.1, -0.05) is 18.2 Å². The van der Waals surface area contributed by atoms with Crippen LogP contribution in [0.4, 0.5) is 17.1 Å². The van der Waals surface area contributed by atoms with Crippen LogP contribution in [0.25, 0.3) is 21.5 Å². The Morgan fingerprint density at radius 2 is 2.04 bits per heavy atom. The molecule has 0 atom stereocenters. The lowest BCUT2D eigenvalue weighted by Gasteiger charge is -2.30. The van der Waals surface area contributed by atoms with Crippen LogP contribution in [0.5, 0.6) is 0 Å². The molecule has 1 aromatic carbocycles. The van der Waals surface area contributed by atoms with Crippen LogP contribution in [-0.2, 0) is 0 Å². The summed E-state index contributed by atoms with van der Waals surface area (Å²) in [7, 11) is 0. The van der Waals surface area contributed by atoms with Gasteiger partial charge in [-0.2, -0.15) is 0 Å². The Kier molecular flexibility index (Phi) is 3.54. The summed E-state index contributed by atoms with van der Waals surface area (Å²) in [5, 5.41) is 4.35. The van der Waals surface area contributed by atoms with Crippen LogP contribution in [0, 0.1) is 0 Å². The zero-order chi connectivity index (χ0) is 18.4. The van der Waals surface area contributed by atoms with E-state index in [1.807, 2.05) is 42.5 Å². The molecule has 4 aromatic rings. The Bertz CT molecular complexity index is 1170. The van der Waals surface area contributed by atoms with E-state index >= 15 is 0 Å². The van der Waals surface area contributed by atoms with Gasteiger partial charge in [-0.05, 0) is 30.3 Å². The summed E-state index contributed by atoms with van der Waals surface area (Å²) in [6, 6.07) is 15.9. The maximum absolute atomic E-state index is 12.1. The van der Waals surface area contributed by atoms with Gasteiger partial charge < -0.3 is 16.0 Å². The van der Waals surface area contributed by atoms with Gasteiger partial charge in [0.2, 0.25) is 0 Å². The molecule has 3 aromatic heterocycles. The van der Waals surface area contributed by atoms with Crippen molar-refractivity contribution in [2.75, 3.05) is 16.9 Å². The molecule has 3 N–H and O–H groups in total. The molecule has 0 spiro atoms. The standard InChI is InChI=1S/C20H15N5OS/c21-19(26)18-17-16-15(7-9-23-20(16)27-18)24-11-25(17)13-5-3-4-12(10-13)14-6-1-2-8-22-14/h1-10,24H,11H2,(H2,21,26). The fourth-order valence-electron chi connectivity index (χ4n) is 3.41. The average molecular weight is 373 g/mol. The summed E-state index contributed by atoms with van der Waals surface area (Å²) in [4.78, 5) is 24.3. The number of primary amides is 1. The zero-order valence-electron chi connectivity index (χ0n) is 14.2. The van der Waals surface area contributed by atoms with Crippen LogP contribution in [0.1, 0.15) is 9.67 Å². The van der Waals surface area contributed by atoms with Gasteiger partial charge in [0, 0.05) is 29.3 Å². The number of hydrogen-bond donors (Lipinski definition) is 2. The van der Waals surface area contributed by atoms with Crippen molar-refractivity contribution in [3.05, 3.63) is 65.8 Å². The van der Waals surface area contributed by atoms with Crippen LogP contribution < -0.4 is 16.0 Å². The van der Waals surface area contributed by atoms with Crippen molar-refractivity contribution >= 4 is 44.5 Å². The van der Waals surface area contributed by atoms with Gasteiger partial charge in [-0.15, -0.1) is 11.3 Å². The smallest absolute Gasteiger partial charge is 0.261 e. The van der Waals surface area contributed by atoms with E-state index in [0.717, 1.165) is 38.5 Å². The Labute approximate surface area is 159 Å². The summed E-state index contributed by atoms with van der Waals surface area (Å²) in [5.74, 6) is -0.438. The Morgan fingerprint density at radius 3 is 2.85 bits per heavy atom. The first-order chi connectivity index (χ1) is 13.2. The molecule has 0 saturated heterocycles. The van der Waals surface area contributed by atoms with E-state index in [1.54, 1.807) is 12.4 Å². The largest absolute Gasteiger partial charge is 0.367 e. The molecule has 0 saturated carbocycles. The summed E-state index contributed by atoms with van der Waals surface area (Å²) < 4.78 is 0. The van der Waals surface area contributed by atoms with E-state index in [9.17, 15) is 4.79 Å². The van der Waals surface area contributed by atoms with Crippen molar-refractivity contribution in [3.8, 4) is 11.3 Å². The summed E-state index contributed by atoms with van der Waals surface area (Å²) in [6.45, 7) is 0.537. The second-order valence-corrected chi connectivity index (χ2v) is 7.21. The highest BCUT2D eigenvalue weighted by molar-refractivity contribution is 7.21. The van der Waals surface area contributed by atoms with E-state index < -0.39 is 5.91 Å². The number of anilines is 3. The quantitative estimate of drug-likeness (QED) is 0.567. The first-order valence-electron chi connectivity index (χ1n) is 8.46. The number of carbonyl (C=O) groups excluding carboxylic acids is 1. The maximum Gasteiger partial charge on any atom is 0.261 e. The van der Waals surface area contributed by atoms with Crippen molar-refractivity contribution in [1.82, 2.24) is 9.97 Å². The van der Waals surface area contributed by atoms with Gasteiger partial charge in [0.25, 0.3) is 5.91 Å². The Hall–Kier alpha value is -3.45. The summed E-state index contributed by atoms with van der Waals surface area (Å²) in [6.07, 6.45) is 3.52. The van der Waals surface area contributed by atoms with E-state index in [0.29, 0.717) is 11.5 Å². The topological polar surface area (TPSA) is 84.1 Å². The molecule has 0 bridgehead atoms. The molecule has 6 nitrogen and oxygen atoms in total. The number of hydrogen-bond acceptors (Lipinski definition) is 6. The van der Waals surface area contributed by atoms with E-state index in [2.05, 4.69) is 26.3 Å². The van der Waals surface area contributed by atoms with Crippen LogP contribution in [0.2, 0.25) is 0 Å². The first-order valence-corrected chi connectivity index (χ1v) is 9.28. The third kappa shape index (κ3) is 2.51. The fraction of sp³-hybridized carbons (Fsp3) is 0.0500. The molecular weight excluding hydrogens is 358 g/mol. The number of nitrogens with zero attached hydrogens (tertiary/aromatic N) is 3. The second-order valence-electron chi connectivity index (χ2n) is 6.21. The number of nitrogens with one attached hydrogen (secondary N) is 1. The van der Waals surface area contributed by atoms with Crippen molar-refractivity contribution < 1.29 is 4.79 Å². The number of thiophene rings is 1. The Balaban J connectivity index is 1.69. The van der Waals surface area contributed by atoms with Gasteiger partial charge in [-0.25, -0.2) is 4.98 Å². The van der Waals surface area contributed by atoms with Gasteiger partial charge in [0.15, 0.2) is 0 Å². The molecule has 0 fully saturated rings. The fourth-order valence-corrected chi connectivity index (χ4v) is 4.43. The van der Waals surface area contributed by atoms with Gasteiger partial charge >= 0.3 is 0 Å². The van der Waals surface area contributed by atoms with E-state index in [4.69, 9.17) is 5.73 Å². The van der Waals surface area contributed by atoms with Gasteiger partial charge in [0.05, 0.1) is 23.4 Å². The third-order valence-electron chi connectivity index (χ3n) is 4.61. The highest BCUT2D eigenvalue weighted by Crippen LogP contribution is 2.46. The van der Waals surface area contributed by atoms with Crippen LogP contribution in [-0.4, -0.2) is 22.5 Å². The van der Waals surface area contributed by atoms with E-state index in [-0.39, 0.29) is 0 Å². The first kappa shape index (κ1) is 15.8. The minimum atomic E-state index is -0.438. The molecule has 0 aliphatic carbocycles. The molecule has 5 rings (SSSR count). The van der Waals surface area contributed by atoms with Crippen LogP contribution in [0.3, 0.4) is 0 Å². The number of carbonyl (C=O) groups is 1. The van der Waals surface area contributed by atoms with Crippen LogP contribution >= 0.6 is 11.3 Å². The minimum absolute atomic E-state index is 0.438. The van der Waals surface area contributed by atoms with Gasteiger partial charge in [-0.3, -0.25) is 9.78 Å². The van der Waals surface area contributed by atoms with Gasteiger partial charge in [0.1, 0.15) is 9.71 Å². The highest BCUT2D eigenvalue weighted by atomic mass is 32.1. The van der Waals surface area contributed by atoms with Crippen molar-refractivity contribution in [3.63, 3.8) is 0 Å². The molecule has 4 heterocycles. The maximum atomic E-state index is 12.1. The molecular formula is C20H15N5OS. The van der Waals surface area contributed by atoms with Crippen molar-refractivity contribution in [2.45, 2.75) is 0 Å². The molecule has 0 unspecified atom stereocenters. The van der Waals surface area contributed by atoms with E-state index in [1.165, 1.54) is 11.3 Å². The SMILES string of the molecule is NC(=O)c1sc2nccc3c2c1N(c1cccc(-c2ccccn2)c1)CN3. The number of rotatable bonds is 3. The average Bonchev–Trinajstić information content (AvgIpc) is 3.11. The number of benzene rings is 1. The summed E-state index contributed by atoms with van der Waals surface area (Å²) >= 11 is 1.33. The normalized spacial score (nSPS) is 12.8. The van der Waals surface area contributed by atoms with Crippen molar-refractivity contribution in [1.29, 1.82) is 0 Å². The predicted molar refractivity (Wildman–Crippen MR) is 108 cm³/mol. The molecule has 1 aliphatic heterocycles. The number of nitrogens with two attached hydrogens (primary N) is 1. The van der Waals surface area contributed by atoms with Crippen molar-refractivity contribution in [2.24, 2.45) is 5.73 Å². The molecule has 0 radical (unpaired) electrons. The monoisotopic (exact) mass is 373 g/mol.